The van der Waals surface area contributed by atoms with Gasteiger partial charge in [-0.2, -0.15) is 5.26 Å². The standard InChI is InChI=1S/C31H37N5O4S/c1-20-27(41-19-35-20)24-11-9-22(10-12-24)15-33-29(38)26-13-25(37)16-36(26)30(39)28(31(2,3)4)34-18-40-17-23-7-5-21(14-32)6-8-23/h5-12,19,25-26,28,34,37H,13,15-18H2,1-4H3,(H,33,38)/t25-,26+,28-/m1/s1. The van der Waals surface area contributed by atoms with Gasteiger partial charge in [0.15, 0.2) is 0 Å². The van der Waals surface area contributed by atoms with Crippen LogP contribution in [0.25, 0.3) is 10.4 Å². The van der Waals surface area contributed by atoms with E-state index in [0.29, 0.717) is 18.7 Å². The number of thiazole rings is 1. The van der Waals surface area contributed by atoms with Crippen molar-refractivity contribution in [3.05, 3.63) is 76.4 Å². The van der Waals surface area contributed by atoms with Crippen LogP contribution in [0.3, 0.4) is 0 Å². The van der Waals surface area contributed by atoms with E-state index >= 15 is 0 Å². The minimum absolute atomic E-state index is 0.0974. The fraction of sp³-hybridized carbons (Fsp3) is 0.419. The van der Waals surface area contributed by atoms with Crippen molar-refractivity contribution in [1.29, 1.82) is 5.26 Å². The maximum Gasteiger partial charge on any atom is 0.243 e. The zero-order valence-corrected chi connectivity index (χ0v) is 24.7. The number of likely N-dealkylation sites (tertiary alicyclic amines) is 1. The van der Waals surface area contributed by atoms with Gasteiger partial charge in [0.25, 0.3) is 0 Å². The Morgan fingerprint density at radius 2 is 1.85 bits per heavy atom. The summed E-state index contributed by atoms with van der Waals surface area (Å²) in [6, 6.07) is 15.8. The summed E-state index contributed by atoms with van der Waals surface area (Å²) in [6.45, 7) is 8.68. The van der Waals surface area contributed by atoms with E-state index < -0.39 is 23.6 Å². The lowest BCUT2D eigenvalue weighted by Gasteiger charge is -2.35. The Bertz CT molecular complexity index is 1380. The van der Waals surface area contributed by atoms with E-state index in [1.165, 1.54) is 4.90 Å². The Balaban J connectivity index is 1.34. The van der Waals surface area contributed by atoms with Crippen LogP contribution in [0.4, 0.5) is 0 Å². The quantitative estimate of drug-likeness (QED) is 0.248. The third-order valence-electron chi connectivity index (χ3n) is 7.15. The van der Waals surface area contributed by atoms with Crippen molar-refractivity contribution in [2.24, 2.45) is 5.41 Å². The number of carbonyl (C=O) groups is 2. The van der Waals surface area contributed by atoms with Crippen molar-refractivity contribution in [3.63, 3.8) is 0 Å². The minimum atomic E-state index is -0.773. The number of benzene rings is 2. The first-order chi connectivity index (χ1) is 19.6. The summed E-state index contributed by atoms with van der Waals surface area (Å²) in [5, 5.41) is 25.5. The SMILES string of the molecule is Cc1ncsc1-c1ccc(CNC(=O)[C@@H]2C[C@@H](O)CN2C(=O)[C@@H](NCOCc2ccc(C#N)cc2)C(C)(C)C)cc1. The molecular weight excluding hydrogens is 538 g/mol. The molecule has 10 heteroatoms. The lowest BCUT2D eigenvalue weighted by Crippen LogP contribution is -2.56. The fourth-order valence-electron chi connectivity index (χ4n) is 4.88. The number of β-amino-alcohol motifs (C(OH)–C–C–N with tert-alkyl or cyclic N) is 1. The minimum Gasteiger partial charge on any atom is -0.391 e. The van der Waals surface area contributed by atoms with Crippen molar-refractivity contribution < 1.29 is 19.4 Å². The molecule has 41 heavy (non-hydrogen) atoms. The fourth-order valence-corrected chi connectivity index (χ4v) is 5.69. The van der Waals surface area contributed by atoms with Crippen LogP contribution >= 0.6 is 11.3 Å². The highest BCUT2D eigenvalue weighted by Gasteiger charge is 2.43. The summed E-state index contributed by atoms with van der Waals surface area (Å²) in [5.74, 6) is -0.539. The number of hydrogen-bond acceptors (Lipinski definition) is 8. The molecule has 1 aliphatic rings. The van der Waals surface area contributed by atoms with Gasteiger partial charge in [-0.1, -0.05) is 57.2 Å². The summed E-state index contributed by atoms with van der Waals surface area (Å²) in [5.41, 5.74) is 5.86. The zero-order valence-electron chi connectivity index (χ0n) is 23.9. The number of aryl methyl sites for hydroxylation is 1. The smallest absolute Gasteiger partial charge is 0.243 e. The molecular formula is C31H37N5O4S. The molecule has 2 aromatic carbocycles. The predicted molar refractivity (Wildman–Crippen MR) is 157 cm³/mol. The van der Waals surface area contributed by atoms with E-state index in [-0.39, 0.29) is 31.5 Å². The van der Waals surface area contributed by atoms with Gasteiger partial charge in [-0.15, -0.1) is 11.3 Å². The number of aromatic nitrogens is 1. The third kappa shape index (κ3) is 7.77. The normalized spacial score (nSPS) is 17.7. The average molecular weight is 576 g/mol. The number of carbonyl (C=O) groups excluding carboxylic acids is 2. The van der Waals surface area contributed by atoms with E-state index in [9.17, 15) is 14.7 Å². The molecule has 0 bridgehead atoms. The van der Waals surface area contributed by atoms with Crippen molar-refractivity contribution in [2.75, 3.05) is 13.3 Å². The van der Waals surface area contributed by atoms with Gasteiger partial charge in [0.05, 0.1) is 53.2 Å². The van der Waals surface area contributed by atoms with Crippen molar-refractivity contribution in [2.45, 2.75) is 65.5 Å². The number of ether oxygens (including phenoxy) is 1. The van der Waals surface area contributed by atoms with Crippen LogP contribution in [0, 0.1) is 23.7 Å². The van der Waals surface area contributed by atoms with Crippen molar-refractivity contribution >= 4 is 23.2 Å². The average Bonchev–Trinajstić information content (AvgIpc) is 3.56. The van der Waals surface area contributed by atoms with Crippen LogP contribution in [0.15, 0.2) is 54.0 Å². The number of amides is 2. The molecule has 0 saturated carbocycles. The monoisotopic (exact) mass is 575 g/mol. The number of rotatable bonds is 10. The van der Waals surface area contributed by atoms with Gasteiger partial charge < -0.3 is 20.1 Å². The van der Waals surface area contributed by atoms with Gasteiger partial charge in [-0.05, 0) is 41.2 Å². The van der Waals surface area contributed by atoms with Crippen molar-refractivity contribution in [3.8, 4) is 16.5 Å². The number of aliphatic hydroxyl groups excluding tert-OH is 1. The second-order valence-electron chi connectivity index (χ2n) is 11.4. The Morgan fingerprint density at radius 1 is 1.17 bits per heavy atom. The molecule has 9 nitrogen and oxygen atoms in total. The molecule has 1 fully saturated rings. The molecule has 0 radical (unpaired) electrons. The van der Waals surface area contributed by atoms with Gasteiger partial charge in [-0.25, -0.2) is 4.98 Å². The molecule has 216 valence electrons. The molecule has 0 unspecified atom stereocenters. The summed E-state index contributed by atoms with van der Waals surface area (Å²) >= 11 is 1.59. The molecule has 3 N–H and O–H groups in total. The van der Waals surface area contributed by atoms with Crippen LogP contribution < -0.4 is 10.6 Å². The highest BCUT2D eigenvalue weighted by Crippen LogP contribution is 2.28. The van der Waals surface area contributed by atoms with Crippen LogP contribution in [0.5, 0.6) is 0 Å². The zero-order chi connectivity index (χ0) is 29.6. The van der Waals surface area contributed by atoms with Crippen LogP contribution in [0.2, 0.25) is 0 Å². The number of nitrogens with one attached hydrogen (secondary N) is 2. The molecule has 1 aliphatic heterocycles. The first kappa shape index (κ1) is 30.3. The summed E-state index contributed by atoms with van der Waals surface area (Å²) < 4.78 is 5.76. The summed E-state index contributed by atoms with van der Waals surface area (Å²) in [7, 11) is 0. The predicted octanol–water partition coefficient (Wildman–Crippen LogP) is 3.75. The molecule has 0 spiro atoms. The second-order valence-corrected chi connectivity index (χ2v) is 12.2. The van der Waals surface area contributed by atoms with E-state index in [0.717, 1.165) is 27.3 Å². The maximum atomic E-state index is 13.7. The number of hydrogen-bond donors (Lipinski definition) is 3. The highest BCUT2D eigenvalue weighted by molar-refractivity contribution is 7.13. The Morgan fingerprint density at radius 3 is 2.46 bits per heavy atom. The Labute approximate surface area is 245 Å². The highest BCUT2D eigenvalue weighted by atomic mass is 32.1. The summed E-state index contributed by atoms with van der Waals surface area (Å²) in [4.78, 5) is 33.9. The first-order valence-electron chi connectivity index (χ1n) is 13.6. The topological polar surface area (TPSA) is 128 Å². The Hall–Kier alpha value is -3.62. The first-order valence-corrected chi connectivity index (χ1v) is 14.5. The lowest BCUT2D eigenvalue weighted by molar-refractivity contribution is -0.142. The van der Waals surface area contributed by atoms with E-state index in [1.807, 2.05) is 69.6 Å². The molecule has 0 aliphatic carbocycles. The van der Waals surface area contributed by atoms with Gasteiger partial charge in [0.2, 0.25) is 11.8 Å². The van der Waals surface area contributed by atoms with Gasteiger partial charge in [0, 0.05) is 19.5 Å². The largest absolute Gasteiger partial charge is 0.391 e. The third-order valence-corrected chi connectivity index (χ3v) is 8.13. The van der Waals surface area contributed by atoms with E-state index in [4.69, 9.17) is 10.00 Å². The molecule has 3 aromatic rings. The number of aliphatic hydroxyl groups is 1. The van der Waals surface area contributed by atoms with Crippen LogP contribution in [-0.2, 0) is 27.5 Å². The molecule has 4 rings (SSSR count). The second kappa shape index (κ2) is 13.4. The summed E-state index contributed by atoms with van der Waals surface area (Å²) in [6.07, 6.45) is -0.586. The number of nitriles is 1. The van der Waals surface area contributed by atoms with Gasteiger partial charge >= 0.3 is 0 Å². The molecule has 2 heterocycles. The van der Waals surface area contributed by atoms with Crippen LogP contribution in [0.1, 0.15) is 49.6 Å². The lowest BCUT2D eigenvalue weighted by atomic mass is 9.85. The van der Waals surface area contributed by atoms with Crippen molar-refractivity contribution in [1.82, 2.24) is 20.5 Å². The maximum absolute atomic E-state index is 13.7. The molecule has 2 amide bonds. The van der Waals surface area contributed by atoms with Gasteiger partial charge in [-0.3, -0.25) is 14.9 Å². The number of nitrogens with zero attached hydrogens (tertiary/aromatic N) is 3. The van der Waals surface area contributed by atoms with Gasteiger partial charge in [0.1, 0.15) is 6.04 Å². The Kier molecular flexibility index (Phi) is 9.89. The van der Waals surface area contributed by atoms with E-state index in [2.05, 4.69) is 21.7 Å². The molecule has 3 atom stereocenters. The molecule has 1 aromatic heterocycles. The molecule has 1 saturated heterocycles. The van der Waals surface area contributed by atoms with Crippen LogP contribution in [-0.4, -0.2) is 58.3 Å². The van der Waals surface area contributed by atoms with E-state index in [1.54, 1.807) is 23.5 Å².